The lowest BCUT2D eigenvalue weighted by atomic mass is 9.67. The number of aromatic hydroxyl groups is 2. The second kappa shape index (κ2) is 36.7. The van der Waals surface area contributed by atoms with Crippen LogP contribution in [0.3, 0.4) is 0 Å². The van der Waals surface area contributed by atoms with E-state index in [2.05, 4.69) is 266 Å². The van der Waals surface area contributed by atoms with Gasteiger partial charge >= 0.3 is 8.56 Å². The molecule has 2 N–H and O–H groups in total. The molecule has 2 saturated heterocycles. The maximum absolute atomic E-state index is 10.5. The largest absolute Gasteiger partial charge is 0.508 e. The molecule has 1 aliphatic carbocycles. The average Bonchev–Trinajstić information content (AvgIpc) is 1.52. The van der Waals surface area contributed by atoms with Crippen LogP contribution in [0, 0.1) is 0 Å². The van der Waals surface area contributed by atoms with Gasteiger partial charge in [0.25, 0.3) is 0 Å². The van der Waals surface area contributed by atoms with Crippen molar-refractivity contribution in [3.63, 3.8) is 0 Å². The number of allylic oxidation sites excluding steroid dienone is 4. The van der Waals surface area contributed by atoms with Crippen LogP contribution >= 0.6 is 0 Å². The summed E-state index contributed by atoms with van der Waals surface area (Å²) in [6.45, 7) is 61.6. The third-order valence-electron chi connectivity index (χ3n) is 17.5. The van der Waals surface area contributed by atoms with E-state index in [1.807, 2.05) is 47.8 Å². The third kappa shape index (κ3) is 22.8. The Bertz CT molecular complexity index is 3550. The maximum atomic E-state index is 10.5. The molecule has 10 rings (SSSR count). The molecule has 9 nitrogen and oxygen atoms in total. The normalized spacial score (nSPS) is 14.9. The number of fused-ring (bicyclic) bond motifs is 3. The number of phenols is 2. The molecule has 7 aromatic carbocycles. The summed E-state index contributed by atoms with van der Waals surface area (Å²) in [5.74, 6) is 2.36. The summed E-state index contributed by atoms with van der Waals surface area (Å²) in [6, 6.07) is 51.1. The van der Waals surface area contributed by atoms with Gasteiger partial charge in [-0.05, 0) is 182 Å². The van der Waals surface area contributed by atoms with Gasteiger partial charge in [0.2, 0.25) is 0 Å². The zero-order valence-electron chi connectivity index (χ0n) is 61.9. The number of rotatable bonds is 28. The van der Waals surface area contributed by atoms with Crippen LogP contribution in [0.25, 0.3) is 11.1 Å². The standard InChI is InChI=1S/C31H26O2.C27H32O4.C10H18Si2.C8H18OSi2.C6H20O2Si3/c1-3-9-21-19-23(15-17-29(21)32)31(24-16-18-30(33)22(20-24)10-4-2)27-13-7-5-11-25(27)26-12-6-8-14-28(26)31;1-5-7-19-13-21(9-11-25(19)30-17-23-15-28-23)27(3,4)22-10-12-26(20(14-22)8-6-2)31-18-24-16-29-24;1-11(2)9-5-7-10(8-6-9)12(3)4;1-7-10(3,4)9-11(5,6)8-2;1-9(2)7-11(5,6)8-10(3)4/h3-8,11-20,32-33H,1-2,9-10H2;5-6,9-14,23-24H,1-2,7-8,15-18H2,3-4H3;5-8,11-12H,1-4H3;7-8H,1-2H2,3-6H3;9-10H,1-6H3. The maximum Gasteiger partial charge on any atom is 0.310 e. The second-order valence-corrected chi connectivity index (χ2v) is 51.6. The lowest BCUT2D eigenvalue weighted by molar-refractivity contribution is 0.261. The number of phenolic OH excluding ortho intramolecular Hbond substituents is 2. The highest BCUT2D eigenvalue weighted by Gasteiger charge is 2.46. The van der Waals surface area contributed by atoms with E-state index >= 15 is 0 Å². The van der Waals surface area contributed by atoms with Gasteiger partial charge in [0.15, 0.2) is 34.7 Å². The molecule has 0 radical (unpaired) electrons. The predicted octanol–water partition coefficient (Wildman–Crippen LogP) is 17.6. The van der Waals surface area contributed by atoms with E-state index in [9.17, 15) is 10.2 Å². The Kier molecular flexibility index (Phi) is 30.2. The number of benzene rings is 7. The van der Waals surface area contributed by atoms with Crippen LogP contribution in [-0.2, 0) is 58.3 Å². The van der Waals surface area contributed by atoms with Gasteiger partial charge in [-0.3, -0.25) is 0 Å². The van der Waals surface area contributed by atoms with E-state index in [-0.39, 0.29) is 29.1 Å². The number of hydrogen-bond donors (Lipinski definition) is 2. The van der Waals surface area contributed by atoms with Crippen molar-refractivity contribution in [2.75, 3.05) is 26.4 Å². The molecular weight excluding hydrogens is 1330 g/mol. The zero-order valence-corrected chi connectivity index (χ0v) is 69.6. The molecule has 0 amide bonds. The van der Waals surface area contributed by atoms with Gasteiger partial charge in [0.05, 0.1) is 36.2 Å². The quantitative estimate of drug-likeness (QED) is 0.0281. The Hall–Kier alpha value is -6.50. The molecule has 7 aromatic rings. The number of ether oxygens (including phenoxy) is 4. The third-order valence-corrected chi connectivity index (χ3v) is 35.4. The molecule has 0 saturated carbocycles. The molecule has 2 atom stereocenters. The van der Waals surface area contributed by atoms with Crippen molar-refractivity contribution in [2.24, 2.45) is 0 Å². The van der Waals surface area contributed by atoms with Crippen LogP contribution < -0.4 is 19.8 Å². The van der Waals surface area contributed by atoms with Crippen molar-refractivity contribution in [3.8, 4) is 34.1 Å². The Morgan fingerprint density at radius 2 is 0.827 bits per heavy atom. The fourth-order valence-electron chi connectivity index (χ4n) is 12.2. The average molecular weight is 1440 g/mol. The van der Waals surface area contributed by atoms with Gasteiger partial charge in [0.1, 0.15) is 48.4 Å². The van der Waals surface area contributed by atoms with Crippen LogP contribution in [0.5, 0.6) is 23.0 Å². The van der Waals surface area contributed by atoms with Gasteiger partial charge in [0, 0.05) is 5.41 Å². The zero-order chi connectivity index (χ0) is 72.2. The highest BCUT2D eigenvalue weighted by molar-refractivity contribution is 6.89. The van der Waals surface area contributed by atoms with Gasteiger partial charge in [-0.25, -0.2) is 0 Å². The lowest BCUT2D eigenvalue weighted by Crippen LogP contribution is -2.42. The highest BCUT2D eigenvalue weighted by atomic mass is 28.5. The molecule has 524 valence electrons. The van der Waals surface area contributed by atoms with Crippen molar-refractivity contribution in [3.05, 3.63) is 276 Å². The van der Waals surface area contributed by atoms with Crippen molar-refractivity contribution in [1.82, 2.24) is 0 Å². The van der Waals surface area contributed by atoms with E-state index in [0.717, 1.165) is 70.9 Å². The second-order valence-electron chi connectivity index (χ2n) is 28.7. The number of hydrogen-bond acceptors (Lipinski definition) is 9. The SMILES string of the molecule is C=CCc1cc(C(C)(C)c2ccc(OCC3CO3)c(CC=C)c2)ccc1OCC1CO1.C=CCc1cc(C2(c3ccc(O)c(CC=C)c3)c3ccccc3-c3ccccc32)ccc1O.C=C[Si](C)(C)O[Si](C)(C)C=C.C[SiH](C)O[Si](C)(C)O[SiH](C)C.C[SiH](C)c1ccc([SiH](C)C)cc1. The predicted molar refractivity (Wildman–Crippen MR) is 435 cm³/mol. The van der Waals surface area contributed by atoms with Crippen LogP contribution in [0.2, 0.25) is 91.7 Å². The van der Waals surface area contributed by atoms with Crippen LogP contribution in [0.4, 0.5) is 0 Å². The molecule has 3 aliphatic rings. The van der Waals surface area contributed by atoms with Crippen molar-refractivity contribution in [1.29, 1.82) is 0 Å². The van der Waals surface area contributed by atoms with Crippen LogP contribution in [-0.4, -0.2) is 110 Å². The van der Waals surface area contributed by atoms with Gasteiger partial charge in [-0.15, -0.1) is 39.5 Å². The number of epoxide rings is 2. The van der Waals surface area contributed by atoms with Gasteiger partial charge in [-0.1, -0.05) is 207 Å². The summed E-state index contributed by atoms with van der Waals surface area (Å²) in [5.41, 5.74) is 16.6. The summed E-state index contributed by atoms with van der Waals surface area (Å²) in [6.07, 6.45) is 10.6. The first-order valence-corrected chi connectivity index (χ1v) is 55.0. The minimum absolute atomic E-state index is 0.178. The summed E-state index contributed by atoms with van der Waals surface area (Å²) < 4.78 is 40.2. The molecule has 16 heteroatoms. The minimum Gasteiger partial charge on any atom is -0.508 e. The van der Waals surface area contributed by atoms with Crippen LogP contribution in [0.15, 0.2) is 221 Å². The topological polar surface area (TPSA) is 112 Å². The molecule has 98 heavy (non-hydrogen) atoms. The monoisotopic (exact) mass is 1440 g/mol. The minimum atomic E-state index is -1.71. The van der Waals surface area contributed by atoms with E-state index in [4.69, 9.17) is 31.3 Å². The fourth-order valence-corrected chi connectivity index (χ4v) is 30.0. The smallest absolute Gasteiger partial charge is 0.310 e. The summed E-state index contributed by atoms with van der Waals surface area (Å²) >= 11 is 0. The first-order valence-electron chi connectivity index (χ1n) is 34.9. The Morgan fingerprint density at radius 3 is 1.14 bits per heavy atom. The van der Waals surface area contributed by atoms with E-state index in [0.29, 0.717) is 26.1 Å². The molecule has 0 spiro atoms. The van der Waals surface area contributed by atoms with E-state index < -0.39 is 66.3 Å². The van der Waals surface area contributed by atoms with E-state index in [1.165, 1.54) is 33.4 Å². The molecule has 2 fully saturated rings. The van der Waals surface area contributed by atoms with Gasteiger partial charge in [-0.2, -0.15) is 0 Å². The molecule has 0 aromatic heterocycles. The first-order chi connectivity index (χ1) is 46.4. The van der Waals surface area contributed by atoms with Crippen LogP contribution in [0.1, 0.15) is 69.5 Å². The Balaban J connectivity index is 0.000000213. The molecular formula is C82H114O9Si7. The summed E-state index contributed by atoms with van der Waals surface area (Å²) in [4.78, 5) is 0. The van der Waals surface area contributed by atoms with Crippen molar-refractivity contribution >= 4 is 71.2 Å². The molecule has 2 unspecified atom stereocenters. The highest BCUT2D eigenvalue weighted by Crippen LogP contribution is 2.57. The van der Waals surface area contributed by atoms with Gasteiger partial charge < -0.3 is 41.5 Å². The lowest BCUT2D eigenvalue weighted by Gasteiger charge is -2.34. The van der Waals surface area contributed by atoms with E-state index in [1.54, 1.807) is 22.5 Å². The van der Waals surface area contributed by atoms with Crippen molar-refractivity contribution in [2.45, 2.75) is 154 Å². The first kappa shape index (κ1) is 80.5. The Labute approximate surface area is 599 Å². The molecule has 2 aliphatic heterocycles. The van der Waals surface area contributed by atoms with Crippen molar-refractivity contribution < 1.29 is 41.5 Å². The summed E-state index contributed by atoms with van der Waals surface area (Å²) in [5, 5.41) is 24.2. The molecule has 2 heterocycles. The summed E-state index contributed by atoms with van der Waals surface area (Å²) in [7, 11) is -7.79. The Morgan fingerprint density at radius 1 is 0.480 bits per heavy atom. The molecule has 0 bridgehead atoms. The fraction of sp³-hybridized carbons (Fsp3) is 0.341.